The van der Waals surface area contributed by atoms with Crippen LogP contribution >= 0.6 is 0 Å². The van der Waals surface area contributed by atoms with E-state index in [-0.39, 0.29) is 0 Å². The fraction of sp³-hybridized carbons (Fsp3) is 1.00. The third kappa shape index (κ3) is 2.00. The van der Waals surface area contributed by atoms with Gasteiger partial charge in [-0.25, -0.2) is 0 Å². The Balaban J connectivity index is 1.67. The number of nitrogens with one attached hydrogen (secondary N) is 1. The monoisotopic (exact) mass is 251 g/mol. The van der Waals surface area contributed by atoms with Crippen LogP contribution in [0.1, 0.15) is 44.9 Å². The third-order valence-electron chi connectivity index (χ3n) is 6.00. The van der Waals surface area contributed by atoms with Gasteiger partial charge in [-0.2, -0.15) is 0 Å². The number of piperidine rings is 1. The first kappa shape index (κ1) is 12.9. The van der Waals surface area contributed by atoms with E-state index in [4.69, 9.17) is 0 Å². The molecule has 2 bridgehead atoms. The largest absolute Gasteiger partial charge is 0.317 e. The van der Waals surface area contributed by atoms with E-state index in [0.717, 1.165) is 18.1 Å². The molecule has 0 radical (unpaired) electrons. The van der Waals surface area contributed by atoms with Crippen LogP contribution in [0.15, 0.2) is 0 Å². The Labute approximate surface area is 112 Å². The second kappa shape index (κ2) is 4.77. The fourth-order valence-corrected chi connectivity index (χ4v) is 4.44. The molecule has 0 aromatic heterocycles. The molecule has 1 saturated carbocycles. The molecule has 3 rings (SSSR count). The molecule has 3 heteroatoms. The molecule has 3 nitrogen and oxygen atoms in total. The maximum atomic E-state index is 3.50. The predicted molar refractivity (Wildman–Crippen MR) is 75.9 cm³/mol. The SMILES string of the molecule is CNC1CC2CCC(C1)N2CC1(N(C)C)CCC1. The number of hydrogen-bond donors (Lipinski definition) is 1. The molecule has 104 valence electrons. The Morgan fingerprint density at radius 2 is 1.78 bits per heavy atom. The summed E-state index contributed by atoms with van der Waals surface area (Å²) >= 11 is 0. The summed E-state index contributed by atoms with van der Waals surface area (Å²) in [5, 5.41) is 3.50. The van der Waals surface area contributed by atoms with Crippen LogP contribution in [-0.4, -0.2) is 61.2 Å². The lowest BCUT2D eigenvalue weighted by atomic mass is 9.74. The molecule has 2 unspecified atom stereocenters. The first-order valence-electron chi connectivity index (χ1n) is 7.75. The molecule has 0 aromatic carbocycles. The van der Waals surface area contributed by atoms with Crippen LogP contribution in [0.4, 0.5) is 0 Å². The number of hydrogen-bond acceptors (Lipinski definition) is 3. The van der Waals surface area contributed by atoms with Gasteiger partial charge in [0.05, 0.1) is 0 Å². The van der Waals surface area contributed by atoms with E-state index < -0.39 is 0 Å². The van der Waals surface area contributed by atoms with Crippen molar-refractivity contribution in [3.8, 4) is 0 Å². The van der Waals surface area contributed by atoms with Gasteiger partial charge in [0.15, 0.2) is 0 Å². The number of likely N-dealkylation sites (N-methyl/N-ethyl adjacent to an activating group) is 1. The van der Waals surface area contributed by atoms with Crippen LogP contribution in [0.5, 0.6) is 0 Å². The van der Waals surface area contributed by atoms with E-state index >= 15 is 0 Å². The van der Waals surface area contributed by atoms with Crippen molar-refractivity contribution in [1.29, 1.82) is 0 Å². The molecule has 2 atom stereocenters. The van der Waals surface area contributed by atoms with Crippen molar-refractivity contribution < 1.29 is 0 Å². The van der Waals surface area contributed by atoms with Gasteiger partial charge in [0.1, 0.15) is 0 Å². The van der Waals surface area contributed by atoms with Crippen LogP contribution < -0.4 is 5.32 Å². The molecule has 2 heterocycles. The molecule has 1 aliphatic carbocycles. The van der Waals surface area contributed by atoms with Gasteiger partial charge in [-0.1, -0.05) is 0 Å². The van der Waals surface area contributed by atoms with Crippen molar-refractivity contribution >= 4 is 0 Å². The van der Waals surface area contributed by atoms with E-state index in [0.29, 0.717) is 5.54 Å². The van der Waals surface area contributed by atoms with Crippen LogP contribution in [-0.2, 0) is 0 Å². The summed E-state index contributed by atoms with van der Waals surface area (Å²) in [5.74, 6) is 0. The van der Waals surface area contributed by atoms with E-state index in [1.807, 2.05) is 0 Å². The first-order chi connectivity index (χ1) is 8.64. The van der Waals surface area contributed by atoms with Gasteiger partial charge in [0, 0.05) is 30.2 Å². The Hall–Kier alpha value is -0.120. The summed E-state index contributed by atoms with van der Waals surface area (Å²) in [5.41, 5.74) is 0.507. The highest BCUT2D eigenvalue weighted by Gasteiger charge is 2.47. The molecular formula is C15H29N3. The minimum atomic E-state index is 0.507. The number of fused-ring (bicyclic) bond motifs is 2. The Bertz CT molecular complexity index is 284. The van der Waals surface area contributed by atoms with Gasteiger partial charge in [-0.3, -0.25) is 4.90 Å². The highest BCUT2D eigenvalue weighted by molar-refractivity contribution is 5.04. The average Bonchev–Trinajstić information content (AvgIpc) is 2.53. The minimum absolute atomic E-state index is 0.507. The van der Waals surface area contributed by atoms with Gasteiger partial charge in [0.2, 0.25) is 0 Å². The average molecular weight is 251 g/mol. The maximum absolute atomic E-state index is 3.50. The normalized spacial score (nSPS) is 39.0. The molecule has 1 N–H and O–H groups in total. The molecule has 0 amide bonds. The van der Waals surface area contributed by atoms with Crippen LogP contribution in [0.2, 0.25) is 0 Å². The van der Waals surface area contributed by atoms with Gasteiger partial charge in [-0.15, -0.1) is 0 Å². The summed E-state index contributed by atoms with van der Waals surface area (Å²) in [7, 11) is 6.69. The summed E-state index contributed by atoms with van der Waals surface area (Å²) in [6.45, 7) is 1.33. The predicted octanol–water partition coefficient (Wildman–Crippen LogP) is 1.69. The van der Waals surface area contributed by atoms with Crippen molar-refractivity contribution in [2.24, 2.45) is 0 Å². The van der Waals surface area contributed by atoms with Crippen molar-refractivity contribution in [3.63, 3.8) is 0 Å². The molecular weight excluding hydrogens is 222 g/mol. The zero-order chi connectivity index (χ0) is 12.8. The van der Waals surface area contributed by atoms with E-state index in [1.54, 1.807) is 0 Å². The second-order valence-corrected chi connectivity index (χ2v) is 6.99. The zero-order valence-corrected chi connectivity index (χ0v) is 12.3. The van der Waals surface area contributed by atoms with E-state index in [2.05, 4.69) is 36.3 Å². The molecule has 18 heavy (non-hydrogen) atoms. The second-order valence-electron chi connectivity index (χ2n) is 6.99. The highest BCUT2D eigenvalue weighted by Crippen LogP contribution is 2.42. The van der Waals surface area contributed by atoms with Gasteiger partial charge >= 0.3 is 0 Å². The molecule has 0 aromatic rings. The van der Waals surface area contributed by atoms with Crippen molar-refractivity contribution in [3.05, 3.63) is 0 Å². The zero-order valence-electron chi connectivity index (χ0n) is 12.3. The van der Waals surface area contributed by atoms with E-state index in [1.165, 1.54) is 51.5 Å². The Morgan fingerprint density at radius 3 is 2.17 bits per heavy atom. The summed E-state index contributed by atoms with van der Waals surface area (Å²) in [6, 6.07) is 2.49. The quantitative estimate of drug-likeness (QED) is 0.820. The molecule has 0 spiro atoms. The van der Waals surface area contributed by atoms with Crippen molar-refractivity contribution in [2.45, 2.75) is 68.6 Å². The molecule has 2 aliphatic heterocycles. The molecule has 2 saturated heterocycles. The molecule has 3 fully saturated rings. The third-order valence-corrected chi connectivity index (χ3v) is 6.00. The lowest BCUT2D eigenvalue weighted by Crippen LogP contribution is -2.61. The summed E-state index contributed by atoms with van der Waals surface area (Å²) < 4.78 is 0. The van der Waals surface area contributed by atoms with Crippen LogP contribution in [0, 0.1) is 0 Å². The van der Waals surface area contributed by atoms with E-state index in [9.17, 15) is 0 Å². The summed E-state index contributed by atoms with van der Waals surface area (Å²) in [4.78, 5) is 5.37. The van der Waals surface area contributed by atoms with Gasteiger partial charge in [-0.05, 0) is 66.1 Å². The van der Waals surface area contributed by atoms with Crippen molar-refractivity contribution in [2.75, 3.05) is 27.7 Å². The topological polar surface area (TPSA) is 18.5 Å². The lowest BCUT2D eigenvalue weighted by molar-refractivity contribution is -0.00978. The Kier molecular flexibility index (Phi) is 3.41. The highest BCUT2D eigenvalue weighted by atomic mass is 15.3. The maximum Gasteiger partial charge on any atom is 0.0330 e. The van der Waals surface area contributed by atoms with Crippen LogP contribution in [0.3, 0.4) is 0 Å². The van der Waals surface area contributed by atoms with Gasteiger partial charge < -0.3 is 10.2 Å². The van der Waals surface area contributed by atoms with Crippen molar-refractivity contribution in [1.82, 2.24) is 15.1 Å². The number of nitrogens with zero attached hydrogens (tertiary/aromatic N) is 2. The Morgan fingerprint density at radius 1 is 1.17 bits per heavy atom. The van der Waals surface area contributed by atoms with Crippen LogP contribution in [0.25, 0.3) is 0 Å². The fourth-order valence-electron chi connectivity index (χ4n) is 4.44. The lowest BCUT2D eigenvalue weighted by Gasteiger charge is -2.52. The first-order valence-corrected chi connectivity index (χ1v) is 7.75. The smallest absolute Gasteiger partial charge is 0.0330 e. The standard InChI is InChI=1S/C15H29N3/c1-16-12-9-13-5-6-14(10-12)18(13)11-15(17(2)3)7-4-8-15/h12-14,16H,4-11H2,1-3H3. The summed E-state index contributed by atoms with van der Waals surface area (Å²) in [6.07, 6.45) is 9.86. The number of rotatable bonds is 4. The minimum Gasteiger partial charge on any atom is -0.317 e. The van der Waals surface area contributed by atoms with Gasteiger partial charge in [0.25, 0.3) is 0 Å². The molecule has 3 aliphatic rings.